The standard InChI is InChI=1S/C17H22N4O2/c1-22-15-7-6-12-16(21-15)17-14(8-19-12)23-9-13(20-17)10-4-2-3-5-11(10)18/h6-8,10-11,13,20H,2-5,9,18H2,1H3/t10-,11-,13?/m1/s1. The van der Waals surface area contributed by atoms with Crippen LogP contribution in [0.3, 0.4) is 0 Å². The van der Waals surface area contributed by atoms with Crippen molar-refractivity contribution in [2.24, 2.45) is 11.7 Å². The van der Waals surface area contributed by atoms with Gasteiger partial charge in [0.15, 0.2) is 5.75 Å². The molecular formula is C17H22N4O2. The number of anilines is 1. The molecule has 0 spiro atoms. The van der Waals surface area contributed by atoms with Gasteiger partial charge in [0.25, 0.3) is 0 Å². The van der Waals surface area contributed by atoms with Crippen molar-refractivity contribution < 1.29 is 9.47 Å². The second-order valence-corrected chi connectivity index (χ2v) is 6.39. The van der Waals surface area contributed by atoms with E-state index in [0.717, 1.165) is 35.3 Å². The number of pyridine rings is 2. The molecule has 0 aromatic carbocycles. The lowest BCUT2D eigenvalue weighted by Gasteiger charge is -2.38. The molecule has 3 N–H and O–H groups in total. The highest BCUT2D eigenvalue weighted by atomic mass is 16.5. The summed E-state index contributed by atoms with van der Waals surface area (Å²) in [6.07, 6.45) is 6.48. The third-order valence-corrected chi connectivity index (χ3v) is 5.00. The Morgan fingerprint density at radius 2 is 2.17 bits per heavy atom. The van der Waals surface area contributed by atoms with E-state index in [-0.39, 0.29) is 12.1 Å². The zero-order chi connectivity index (χ0) is 15.8. The number of hydrogen-bond acceptors (Lipinski definition) is 6. The highest BCUT2D eigenvalue weighted by Gasteiger charge is 2.33. The van der Waals surface area contributed by atoms with Gasteiger partial charge in [0.1, 0.15) is 17.8 Å². The average molecular weight is 314 g/mol. The predicted molar refractivity (Wildman–Crippen MR) is 88.9 cm³/mol. The third-order valence-electron chi connectivity index (χ3n) is 5.00. The zero-order valence-electron chi connectivity index (χ0n) is 13.3. The molecule has 4 rings (SSSR count). The van der Waals surface area contributed by atoms with Crippen LogP contribution in [0.1, 0.15) is 25.7 Å². The number of ether oxygens (including phenoxy) is 2. The number of hydrogen-bond donors (Lipinski definition) is 2. The van der Waals surface area contributed by atoms with Crippen LogP contribution in [0.5, 0.6) is 11.6 Å². The molecule has 0 radical (unpaired) electrons. The van der Waals surface area contributed by atoms with Crippen LogP contribution >= 0.6 is 0 Å². The summed E-state index contributed by atoms with van der Waals surface area (Å²) in [7, 11) is 1.62. The summed E-state index contributed by atoms with van der Waals surface area (Å²) in [4.78, 5) is 8.96. The first-order valence-corrected chi connectivity index (χ1v) is 8.25. The minimum Gasteiger partial charge on any atom is -0.488 e. The molecule has 1 aliphatic heterocycles. The fourth-order valence-electron chi connectivity index (χ4n) is 3.72. The first-order valence-electron chi connectivity index (χ1n) is 8.25. The fourth-order valence-corrected chi connectivity index (χ4v) is 3.72. The van der Waals surface area contributed by atoms with Crippen molar-refractivity contribution in [3.8, 4) is 11.6 Å². The van der Waals surface area contributed by atoms with Crippen molar-refractivity contribution >= 4 is 16.7 Å². The van der Waals surface area contributed by atoms with E-state index in [9.17, 15) is 0 Å². The van der Waals surface area contributed by atoms with Crippen LogP contribution in [0.15, 0.2) is 18.3 Å². The highest BCUT2D eigenvalue weighted by molar-refractivity contribution is 5.91. The fraction of sp³-hybridized carbons (Fsp3) is 0.529. The summed E-state index contributed by atoms with van der Waals surface area (Å²) < 4.78 is 11.2. The maximum atomic E-state index is 6.34. The highest BCUT2D eigenvalue weighted by Crippen LogP contribution is 2.38. The molecule has 6 nitrogen and oxygen atoms in total. The Labute approximate surface area is 135 Å². The van der Waals surface area contributed by atoms with Crippen molar-refractivity contribution in [1.29, 1.82) is 0 Å². The van der Waals surface area contributed by atoms with Crippen molar-refractivity contribution in [2.45, 2.75) is 37.8 Å². The van der Waals surface area contributed by atoms with Crippen LogP contribution in [0.25, 0.3) is 11.0 Å². The summed E-state index contributed by atoms with van der Waals surface area (Å²) in [6.45, 7) is 0.628. The second-order valence-electron chi connectivity index (χ2n) is 6.39. The second kappa shape index (κ2) is 5.85. The molecule has 122 valence electrons. The van der Waals surface area contributed by atoms with Gasteiger partial charge in [-0.2, -0.15) is 0 Å². The Bertz CT molecular complexity index is 716. The molecule has 0 bridgehead atoms. The number of methoxy groups -OCH3 is 1. The van der Waals surface area contributed by atoms with E-state index in [0.29, 0.717) is 18.4 Å². The van der Waals surface area contributed by atoms with Crippen molar-refractivity contribution in [3.05, 3.63) is 18.3 Å². The van der Waals surface area contributed by atoms with Gasteiger partial charge in [-0.3, -0.25) is 4.98 Å². The minimum atomic E-state index is 0.219. The van der Waals surface area contributed by atoms with Gasteiger partial charge < -0.3 is 20.5 Å². The Morgan fingerprint density at radius 3 is 3.00 bits per heavy atom. The van der Waals surface area contributed by atoms with Gasteiger partial charge in [-0.05, 0) is 24.8 Å². The molecule has 2 aromatic rings. The van der Waals surface area contributed by atoms with Crippen molar-refractivity contribution in [2.75, 3.05) is 19.0 Å². The smallest absolute Gasteiger partial charge is 0.213 e. The van der Waals surface area contributed by atoms with Gasteiger partial charge >= 0.3 is 0 Å². The quantitative estimate of drug-likeness (QED) is 0.885. The first-order chi connectivity index (χ1) is 11.3. The van der Waals surface area contributed by atoms with Gasteiger partial charge in [-0.1, -0.05) is 12.8 Å². The van der Waals surface area contributed by atoms with Gasteiger partial charge in [0.2, 0.25) is 5.88 Å². The molecule has 2 aliphatic rings. The lowest BCUT2D eigenvalue weighted by Crippen LogP contribution is -2.47. The van der Waals surface area contributed by atoms with E-state index in [4.69, 9.17) is 15.2 Å². The molecule has 1 aliphatic carbocycles. The molecule has 6 heteroatoms. The summed E-state index contributed by atoms with van der Waals surface area (Å²) in [5, 5.41) is 3.63. The molecule has 2 aromatic heterocycles. The van der Waals surface area contributed by atoms with Gasteiger partial charge in [0, 0.05) is 12.1 Å². The molecule has 3 atom stereocenters. The Morgan fingerprint density at radius 1 is 1.30 bits per heavy atom. The number of rotatable bonds is 2. The zero-order valence-corrected chi connectivity index (χ0v) is 13.3. The maximum absolute atomic E-state index is 6.34. The predicted octanol–water partition coefficient (Wildman–Crippen LogP) is 2.33. The molecule has 23 heavy (non-hydrogen) atoms. The van der Waals surface area contributed by atoms with Crippen LogP contribution in [0, 0.1) is 5.92 Å². The van der Waals surface area contributed by atoms with Gasteiger partial charge in [0.05, 0.1) is 24.9 Å². The van der Waals surface area contributed by atoms with Gasteiger partial charge in [-0.15, -0.1) is 0 Å². The largest absolute Gasteiger partial charge is 0.488 e. The lowest BCUT2D eigenvalue weighted by atomic mass is 9.80. The molecule has 1 unspecified atom stereocenters. The molecular weight excluding hydrogens is 292 g/mol. The third kappa shape index (κ3) is 2.57. The van der Waals surface area contributed by atoms with E-state index in [1.165, 1.54) is 12.8 Å². The van der Waals surface area contributed by atoms with E-state index < -0.39 is 0 Å². The molecule has 3 heterocycles. The van der Waals surface area contributed by atoms with Crippen LogP contribution in [-0.2, 0) is 0 Å². The van der Waals surface area contributed by atoms with Crippen LogP contribution in [-0.4, -0.2) is 35.8 Å². The minimum absolute atomic E-state index is 0.219. The summed E-state index contributed by atoms with van der Waals surface area (Å²) in [6, 6.07) is 4.19. The van der Waals surface area contributed by atoms with E-state index >= 15 is 0 Å². The van der Waals surface area contributed by atoms with E-state index in [2.05, 4.69) is 15.3 Å². The van der Waals surface area contributed by atoms with Crippen LogP contribution < -0.4 is 20.5 Å². The SMILES string of the molecule is COc1ccc2ncc3c(c2n1)NC([C@@H]1CCCC[C@H]1N)CO3. The Kier molecular flexibility index (Phi) is 3.69. The van der Waals surface area contributed by atoms with Crippen molar-refractivity contribution in [1.82, 2.24) is 9.97 Å². The van der Waals surface area contributed by atoms with Gasteiger partial charge in [-0.25, -0.2) is 4.98 Å². The maximum Gasteiger partial charge on any atom is 0.213 e. The average Bonchev–Trinajstić information content (AvgIpc) is 2.61. The molecule has 1 saturated carbocycles. The Balaban J connectivity index is 1.70. The molecule has 0 saturated heterocycles. The Hall–Kier alpha value is -2.08. The number of nitrogens with zero attached hydrogens (tertiary/aromatic N) is 2. The summed E-state index contributed by atoms with van der Waals surface area (Å²) in [5.41, 5.74) is 8.87. The van der Waals surface area contributed by atoms with Crippen molar-refractivity contribution in [3.63, 3.8) is 0 Å². The number of fused-ring (bicyclic) bond motifs is 3. The van der Waals surface area contributed by atoms with Crippen LogP contribution in [0.4, 0.5) is 5.69 Å². The van der Waals surface area contributed by atoms with Crippen LogP contribution in [0.2, 0.25) is 0 Å². The number of nitrogens with one attached hydrogen (secondary N) is 1. The topological polar surface area (TPSA) is 82.3 Å². The van der Waals surface area contributed by atoms with E-state index in [1.54, 1.807) is 13.3 Å². The first kappa shape index (κ1) is 14.5. The summed E-state index contributed by atoms with van der Waals surface area (Å²) in [5.74, 6) is 1.76. The molecule has 0 amide bonds. The monoisotopic (exact) mass is 314 g/mol. The molecule has 1 fully saturated rings. The van der Waals surface area contributed by atoms with E-state index in [1.807, 2.05) is 12.1 Å². The number of aromatic nitrogens is 2. The summed E-state index contributed by atoms with van der Waals surface area (Å²) >= 11 is 0. The number of nitrogens with two attached hydrogens (primary N) is 1. The normalized spacial score (nSPS) is 27.0. The lowest BCUT2D eigenvalue weighted by molar-refractivity contribution is 0.196.